The highest BCUT2D eigenvalue weighted by molar-refractivity contribution is 5.65. The molecule has 2 rings (SSSR count). The summed E-state index contributed by atoms with van der Waals surface area (Å²) in [5, 5.41) is 0. The summed E-state index contributed by atoms with van der Waals surface area (Å²) in [6.07, 6.45) is 16.7. The van der Waals surface area contributed by atoms with Crippen LogP contribution in [-0.2, 0) is 6.42 Å². The van der Waals surface area contributed by atoms with E-state index in [0.29, 0.717) is 0 Å². The first-order valence-electron chi connectivity index (χ1n) is 10.2. The zero-order chi connectivity index (χ0) is 21.1. The molecule has 0 amide bonds. The van der Waals surface area contributed by atoms with Crippen LogP contribution in [0.1, 0.15) is 31.4 Å². The van der Waals surface area contributed by atoms with E-state index in [2.05, 4.69) is 112 Å². The summed E-state index contributed by atoms with van der Waals surface area (Å²) in [6, 6.07) is 17.3. The van der Waals surface area contributed by atoms with Crippen molar-refractivity contribution in [2.24, 2.45) is 0 Å². The van der Waals surface area contributed by atoms with Gasteiger partial charge in [-0.15, -0.1) is 6.58 Å². The summed E-state index contributed by atoms with van der Waals surface area (Å²) < 4.78 is 0. The standard InChI is InChI=1S/C29H32/c1-6-8-13-25(12-7-2)27(18-16-23(3)4)20-21-28-22-29(19-17-24(28)5)26-14-10-9-11-15-26/h6-7,9-20,22H,1,3,8,21H2,2,4-5H3/b12-7-,18-16-,25-13+,27-20+. The van der Waals surface area contributed by atoms with Crippen molar-refractivity contribution in [2.75, 3.05) is 0 Å². The van der Waals surface area contributed by atoms with Crippen LogP contribution in [0.2, 0.25) is 0 Å². The first-order chi connectivity index (χ1) is 14.0. The van der Waals surface area contributed by atoms with Gasteiger partial charge in [0.25, 0.3) is 0 Å². The normalized spacial score (nSPS) is 12.7. The Bertz CT molecular complexity index is 947. The Kier molecular flexibility index (Phi) is 8.92. The highest BCUT2D eigenvalue weighted by Crippen LogP contribution is 2.24. The van der Waals surface area contributed by atoms with Gasteiger partial charge in [-0.2, -0.15) is 0 Å². The van der Waals surface area contributed by atoms with Gasteiger partial charge in [0.15, 0.2) is 0 Å². The van der Waals surface area contributed by atoms with Crippen LogP contribution in [0, 0.1) is 6.92 Å². The number of hydrogen-bond acceptors (Lipinski definition) is 0. The van der Waals surface area contributed by atoms with Crippen molar-refractivity contribution in [1.82, 2.24) is 0 Å². The van der Waals surface area contributed by atoms with Gasteiger partial charge in [0, 0.05) is 0 Å². The van der Waals surface area contributed by atoms with Gasteiger partial charge in [0.05, 0.1) is 0 Å². The number of rotatable bonds is 9. The van der Waals surface area contributed by atoms with E-state index < -0.39 is 0 Å². The van der Waals surface area contributed by atoms with Gasteiger partial charge in [-0.25, -0.2) is 0 Å². The van der Waals surface area contributed by atoms with E-state index in [1.807, 2.05) is 13.0 Å². The van der Waals surface area contributed by atoms with Gasteiger partial charge < -0.3 is 0 Å². The van der Waals surface area contributed by atoms with Gasteiger partial charge in [0.1, 0.15) is 0 Å². The first kappa shape index (κ1) is 22.2. The Morgan fingerprint density at radius 2 is 1.62 bits per heavy atom. The van der Waals surface area contributed by atoms with Crippen LogP contribution in [-0.4, -0.2) is 0 Å². The van der Waals surface area contributed by atoms with Gasteiger partial charge in [-0.3, -0.25) is 0 Å². The number of allylic oxidation sites excluding steroid dienone is 10. The van der Waals surface area contributed by atoms with Crippen molar-refractivity contribution < 1.29 is 0 Å². The first-order valence-corrected chi connectivity index (χ1v) is 10.2. The van der Waals surface area contributed by atoms with E-state index in [1.54, 1.807) is 0 Å². The smallest absolute Gasteiger partial charge is 0.00854 e. The lowest BCUT2D eigenvalue weighted by Crippen LogP contribution is -1.92. The predicted octanol–water partition coefficient (Wildman–Crippen LogP) is 8.34. The minimum Gasteiger partial charge on any atom is -0.103 e. The highest BCUT2D eigenvalue weighted by Gasteiger charge is 2.04. The summed E-state index contributed by atoms with van der Waals surface area (Å²) in [4.78, 5) is 0. The Balaban J connectivity index is 2.41. The molecule has 0 spiro atoms. The second-order valence-corrected chi connectivity index (χ2v) is 7.23. The SMILES string of the molecule is C=CC/C=C(\C=C/C)C(/C=C\C(=C)C)=C/Cc1cc(-c2ccccc2)ccc1C. The fourth-order valence-electron chi connectivity index (χ4n) is 3.11. The minimum absolute atomic E-state index is 0.848. The molecular weight excluding hydrogens is 348 g/mol. The van der Waals surface area contributed by atoms with Crippen molar-refractivity contribution in [3.8, 4) is 11.1 Å². The molecule has 0 aliphatic heterocycles. The third-order valence-corrected chi connectivity index (χ3v) is 4.73. The zero-order valence-electron chi connectivity index (χ0n) is 18.0. The van der Waals surface area contributed by atoms with Crippen LogP contribution in [0.15, 0.2) is 121 Å². The maximum absolute atomic E-state index is 4.00. The third kappa shape index (κ3) is 7.08. The molecule has 0 nitrogen and oxygen atoms in total. The molecule has 0 radical (unpaired) electrons. The number of aryl methyl sites for hydroxylation is 1. The average Bonchev–Trinajstić information content (AvgIpc) is 2.73. The molecule has 0 aromatic heterocycles. The van der Waals surface area contributed by atoms with Crippen LogP contribution in [0.25, 0.3) is 11.1 Å². The molecule has 0 aliphatic carbocycles. The second-order valence-electron chi connectivity index (χ2n) is 7.23. The second kappa shape index (κ2) is 11.7. The molecule has 0 N–H and O–H groups in total. The molecule has 29 heavy (non-hydrogen) atoms. The third-order valence-electron chi connectivity index (χ3n) is 4.73. The molecule has 0 saturated carbocycles. The molecule has 2 aromatic rings. The quantitative estimate of drug-likeness (QED) is 0.303. The molecule has 148 valence electrons. The van der Waals surface area contributed by atoms with Crippen LogP contribution in [0.4, 0.5) is 0 Å². The fourth-order valence-corrected chi connectivity index (χ4v) is 3.11. The summed E-state index contributed by atoms with van der Waals surface area (Å²) >= 11 is 0. The van der Waals surface area contributed by atoms with Crippen molar-refractivity contribution in [2.45, 2.75) is 33.6 Å². The Hall–Kier alpha value is -3.12. The van der Waals surface area contributed by atoms with Crippen LogP contribution in [0.5, 0.6) is 0 Å². The van der Waals surface area contributed by atoms with Crippen LogP contribution >= 0.6 is 0 Å². The molecule has 0 atom stereocenters. The van der Waals surface area contributed by atoms with Gasteiger partial charge >= 0.3 is 0 Å². The topological polar surface area (TPSA) is 0 Å². The number of benzene rings is 2. The maximum Gasteiger partial charge on any atom is -0.00854 e. The van der Waals surface area contributed by atoms with E-state index in [9.17, 15) is 0 Å². The van der Waals surface area contributed by atoms with E-state index in [0.717, 1.165) is 18.4 Å². The van der Waals surface area contributed by atoms with E-state index in [1.165, 1.54) is 33.4 Å². The van der Waals surface area contributed by atoms with Crippen molar-refractivity contribution in [3.63, 3.8) is 0 Å². The van der Waals surface area contributed by atoms with E-state index >= 15 is 0 Å². The van der Waals surface area contributed by atoms with Gasteiger partial charge in [-0.05, 0) is 67.0 Å². The zero-order valence-corrected chi connectivity index (χ0v) is 18.0. The summed E-state index contributed by atoms with van der Waals surface area (Å²) in [5.41, 5.74) is 8.62. The van der Waals surface area contributed by atoms with Crippen molar-refractivity contribution in [3.05, 3.63) is 132 Å². The summed E-state index contributed by atoms with van der Waals surface area (Å²) in [7, 11) is 0. The maximum atomic E-state index is 4.00. The number of hydrogen-bond donors (Lipinski definition) is 0. The molecule has 0 heterocycles. The summed E-state index contributed by atoms with van der Waals surface area (Å²) in [5.74, 6) is 0. The van der Waals surface area contributed by atoms with Gasteiger partial charge in [-0.1, -0.05) is 103 Å². The highest BCUT2D eigenvalue weighted by atomic mass is 14.1. The lowest BCUT2D eigenvalue weighted by Gasteiger charge is -2.10. The van der Waals surface area contributed by atoms with Crippen LogP contribution < -0.4 is 0 Å². The van der Waals surface area contributed by atoms with Gasteiger partial charge in [0.2, 0.25) is 0 Å². The Morgan fingerprint density at radius 1 is 0.897 bits per heavy atom. The molecular formula is C29H32. The van der Waals surface area contributed by atoms with E-state index in [4.69, 9.17) is 0 Å². The lowest BCUT2D eigenvalue weighted by molar-refractivity contribution is 1.20. The largest absolute Gasteiger partial charge is 0.103 e. The minimum atomic E-state index is 0.848. The fraction of sp³-hybridized carbons (Fsp3) is 0.172. The monoisotopic (exact) mass is 380 g/mol. The average molecular weight is 381 g/mol. The predicted molar refractivity (Wildman–Crippen MR) is 130 cm³/mol. The molecule has 2 aromatic carbocycles. The molecule has 0 bridgehead atoms. The molecule has 0 fully saturated rings. The van der Waals surface area contributed by atoms with Crippen molar-refractivity contribution >= 4 is 0 Å². The summed E-state index contributed by atoms with van der Waals surface area (Å²) in [6.45, 7) is 14.1. The lowest BCUT2D eigenvalue weighted by atomic mass is 9.95. The van der Waals surface area contributed by atoms with Crippen LogP contribution in [0.3, 0.4) is 0 Å². The van der Waals surface area contributed by atoms with Crippen molar-refractivity contribution in [1.29, 1.82) is 0 Å². The molecule has 0 unspecified atom stereocenters. The molecule has 0 aliphatic rings. The Labute approximate surface area is 177 Å². The molecule has 0 heteroatoms. The molecule has 0 saturated heterocycles. The Morgan fingerprint density at radius 3 is 2.28 bits per heavy atom. The van der Waals surface area contributed by atoms with E-state index in [-0.39, 0.29) is 0 Å².